The third-order valence-electron chi connectivity index (χ3n) is 4.89. The van der Waals surface area contributed by atoms with Crippen molar-refractivity contribution in [2.45, 2.75) is 32.7 Å². The van der Waals surface area contributed by atoms with Gasteiger partial charge in [-0.1, -0.05) is 23.8 Å². The Morgan fingerprint density at radius 3 is 2.56 bits per heavy atom. The lowest BCUT2D eigenvalue weighted by Gasteiger charge is -2.31. The van der Waals surface area contributed by atoms with Gasteiger partial charge in [-0.15, -0.1) is 0 Å². The number of benzene rings is 1. The number of aromatic nitrogens is 1. The van der Waals surface area contributed by atoms with E-state index in [2.05, 4.69) is 15.6 Å². The highest BCUT2D eigenvalue weighted by molar-refractivity contribution is 5.89. The molecule has 1 aromatic carbocycles. The summed E-state index contributed by atoms with van der Waals surface area (Å²) in [5.41, 5.74) is 2.96. The van der Waals surface area contributed by atoms with Crippen LogP contribution in [0.3, 0.4) is 0 Å². The Labute approximate surface area is 160 Å². The number of aryl methyl sites for hydroxylation is 1. The predicted molar refractivity (Wildman–Crippen MR) is 105 cm³/mol. The number of anilines is 1. The van der Waals surface area contributed by atoms with Crippen molar-refractivity contribution in [3.05, 3.63) is 59.9 Å². The summed E-state index contributed by atoms with van der Waals surface area (Å²) in [5.74, 6) is 0.378. The van der Waals surface area contributed by atoms with Crippen LogP contribution in [0.1, 0.15) is 30.4 Å². The van der Waals surface area contributed by atoms with Crippen LogP contribution in [-0.4, -0.2) is 34.9 Å². The Hall–Kier alpha value is -2.89. The van der Waals surface area contributed by atoms with E-state index in [-0.39, 0.29) is 11.9 Å². The number of amides is 3. The molecule has 6 nitrogen and oxygen atoms in total. The Morgan fingerprint density at radius 2 is 1.89 bits per heavy atom. The van der Waals surface area contributed by atoms with E-state index >= 15 is 0 Å². The molecule has 0 bridgehead atoms. The number of rotatable bonds is 5. The zero-order chi connectivity index (χ0) is 19.1. The summed E-state index contributed by atoms with van der Waals surface area (Å²) in [5, 5.41) is 5.88. The van der Waals surface area contributed by atoms with Crippen LogP contribution in [0.25, 0.3) is 0 Å². The van der Waals surface area contributed by atoms with Gasteiger partial charge in [-0.05, 0) is 49.4 Å². The summed E-state index contributed by atoms with van der Waals surface area (Å²) in [6.45, 7) is 3.88. The van der Waals surface area contributed by atoms with Gasteiger partial charge in [-0.25, -0.2) is 4.79 Å². The lowest BCUT2D eigenvalue weighted by atomic mass is 9.93. The quantitative estimate of drug-likeness (QED) is 0.852. The Bertz CT molecular complexity index is 754. The summed E-state index contributed by atoms with van der Waals surface area (Å²) in [7, 11) is 0. The van der Waals surface area contributed by atoms with Gasteiger partial charge in [-0.2, -0.15) is 0 Å². The van der Waals surface area contributed by atoms with E-state index in [1.54, 1.807) is 12.4 Å². The maximum Gasteiger partial charge on any atom is 0.321 e. The van der Waals surface area contributed by atoms with E-state index in [0.29, 0.717) is 32.0 Å². The van der Waals surface area contributed by atoms with Crippen molar-refractivity contribution < 1.29 is 9.59 Å². The molecule has 1 fully saturated rings. The lowest BCUT2D eigenvalue weighted by Crippen LogP contribution is -2.41. The highest BCUT2D eigenvalue weighted by Crippen LogP contribution is 2.21. The topological polar surface area (TPSA) is 74.3 Å². The second kappa shape index (κ2) is 9.16. The smallest absolute Gasteiger partial charge is 0.321 e. The fourth-order valence-corrected chi connectivity index (χ4v) is 3.22. The number of hydrogen-bond donors (Lipinski definition) is 2. The highest BCUT2D eigenvalue weighted by atomic mass is 16.2. The Kier molecular flexibility index (Phi) is 6.41. The van der Waals surface area contributed by atoms with Crippen molar-refractivity contribution in [2.75, 3.05) is 18.4 Å². The number of carbonyl (C=O) groups is 2. The van der Waals surface area contributed by atoms with Gasteiger partial charge < -0.3 is 15.5 Å². The second-order valence-electron chi connectivity index (χ2n) is 7.07. The molecule has 1 aromatic heterocycles. The first-order valence-corrected chi connectivity index (χ1v) is 9.38. The van der Waals surface area contributed by atoms with Crippen molar-refractivity contribution in [1.82, 2.24) is 15.2 Å². The molecule has 1 aliphatic heterocycles. The first-order chi connectivity index (χ1) is 13.1. The molecule has 1 saturated heterocycles. The first kappa shape index (κ1) is 18.9. The molecule has 6 heteroatoms. The molecule has 0 spiro atoms. The molecule has 3 amide bonds. The van der Waals surface area contributed by atoms with Gasteiger partial charge in [0, 0.05) is 44.1 Å². The summed E-state index contributed by atoms with van der Waals surface area (Å²) >= 11 is 0. The molecule has 0 aliphatic carbocycles. The van der Waals surface area contributed by atoms with Gasteiger partial charge in [0.1, 0.15) is 0 Å². The molecule has 2 N–H and O–H groups in total. The minimum absolute atomic E-state index is 0.0569. The number of likely N-dealkylation sites (tertiary alicyclic amines) is 1. The van der Waals surface area contributed by atoms with Crippen LogP contribution in [0.4, 0.5) is 10.5 Å². The van der Waals surface area contributed by atoms with Crippen LogP contribution in [0.15, 0.2) is 48.8 Å². The van der Waals surface area contributed by atoms with Crippen LogP contribution in [-0.2, 0) is 11.3 Å². The van der Waals surface area contributed by atoms with Crippen LogP contribution in [0, 0.1) is 12.8 Å². The van der Waals surface area contributed by atoms with Gasteiger partial charge in [0.2, 0.25) is 5.91 Å². The zero-order valence-corrected chi connectivity index (χ0v) is 15.6. The van der Waals surface area contributed by atoms with Crippen LogP contribution >= 0.6 is 0 Å². The maximum atomic E-state index is 12.4. The molecule has 0 unspecified atom stereocenters. The third kappa shape index (κ3) is 5.81. The van der Waals surface area contributed by atoms with E-state index in [4.69, 9.17) is 0 Å². The summed E-state index contributed by atoms with van der Waals surface area (Å²) < 4.78 is 0. The molecule has 0 radical (unpaired) electrons. The summed E-state index contributed by atoms with van der Waals surface area (Å²) in [4.78, 5) is 30.4. The molecule has 2 heterocycles. The monoisotopic (exact) mass is 366 g/mol. The van der Waals surface area contributed by atoms with Crippen molar-refractivity contribution in [3.63, 3.8) is 0 Å². The van der Waals surface area contributed by atoms with Gasteiger partial charge in [0.15, 0.2) is 0 Å². The molecule has 142 valence electrons. The molecule has 0 atom stereocenters. The maximum absolute atomic E-state index is 12.4. The largest absolute Gasteiger partial charge is 0.352 e. The number of piperidine rings is 1. The average Bonchev–Trinajstić information content (AvgIpc) is 2.69. The average molecular weight is 366 g/mol. The number of nitrogens with zero attached hydrogens (tertiary/aromatic N) is 2. The fourth-order valence-electron chi connectivity index (χ4n) is 3.22. The highest BCUT2D eigenvalue weighted by Gasteiger charge is 2.24. The molecular formula is C21H26N4O2. The van der Waals surface area contributed by atoms with Gasteiger partial charge in [0.05, 0.1) is 0 Å². The second-order valence-corrected chi connectivity index (χ2v) is 7.07. The van der Waals surface area contributed by atoms with E-state index in [1.165, 1.54) is 0 Å². The van der Waals surface area contributed by atoms with Crippen LogP contribution in [0.5, 0.6) is 0 Å². The minimum atomic E-state index is -0.0710. The van der Waals surface area contributed by atoms with E-state index in [1.807, 2.05) is 48.2 Å². The molecule has 27 heavy (non-hydrogen) atoms. The zero-order valence-electron chi connectivity index (χ0n) is 15.6. The Morgan fingerprint density at radius 1 is 1.15 bits per heavy atom. The minimum Gasteiger partial charge on any atom is -0.352 e. The fraction of sp³-hybridized carbons (Fsp3) is 0.381. The Balaban J connectivity index is 1.38. The number of hydrogen-bond acceptors (Lipinski definition) is 3. The van der Waals surface area contributed by atoms with E-state index in [9.17, 15) is 9.59 Å². The number of carbonyl (C=O) groups excluding carboxylic acids is 2. The van der Waals surface area contributed by atoms with E-state index < -0.39 is 0 Å². The molecule has 3 rings (SSSR count). The lowest BCUT2D eigenvalue weighted by molar-refractivity contribution is -0.122. The number of urea groups is 1. The van der Waals surface area contributed by atoms with E-state index in [0.717, 1.165) is 29.7 Å². The van der Waals surface area contributed by atoms with Crippen molar-refractivity contribution >= 4 is 17.6 Å². The summed E-state index contributed by atoms with van der Waals surface area (Å²) in [6.07, 6.45) is 5.68. The molecule has 0 saturated carbocycles. The van der Waals surface area contributed by atoms with Crippen molar-refractivity contribution in [1.29, 1.82) is 0 Å². The SMILES string of the molecule is Cc1ccc(NC(=O)N2CCC(CC(=O)NCc3cccnc3)CC2)cc1. The van der Waals surface area contributed by atoms with Gasteiger partial charge in [-0.3, -0.25) is 9.78 Å². The first-order valence-electron chi connectivity index (χ1n) is 9.38. The number of nitrogens with one attached hydrogen (secondary N) is 2. The van der Waals surface area contributed by atoms with Crippen LogP contribution in [0.2, 0.25) is 0 Å². The normalized spacial score (nSPS) is 14.6. The standard InChI is InChI=1S/C21H26N4O2/c1-16-4-6-19(7-5-16)24-21(27)25-11-8-17(9-12-25)13-20(26)23-15-18-3-2-10-22-14-18/h2-7,10,14,17H,8-9,11-13,15H2,1H3,(H,23,26)(H,24,27). The molecular weight excluding hydrogens is 340 g/mol. The van der Waals surface area contributed by atoms with Gasteiger partial charge >= 0.3 is 6.03 Å². The summed E-state index contributed by atoms with van der Waals surface area (Å²) in [6, 6.07) is 11.5. The van der Waals surface area contributed by atoms with Crippen molar-refractivity contribution in [2.24, 2.45) is 5.92 Å². The van der Waals surface area contributed by atoms with Crippen molar-refractivity contribution in [3.8, 4) is 0 Å². The third-order valence-corrected chi connectivity index (χ3v) is 4.89. The molecule has 2 aromatic rings. The number of pyridine rings is 1. The van der Waals surface area contributed by atoms with Gasteiger partial charge in [0.25, 0.3) is 0 Å². The molecule has 1 aliphatic rings. The van der Waals surface area contributed by atoms with Crippen LogP contribution < -0.4 is 10.6 Å². The predicted octanol–water partition coefficient (Wildman–Crippen LogP) is 3.34.